The van der Waals surface area contributed by atoms with Gasteiger partial charge in [0.2, 0.25) is 0 Å². The maximum Gasteiger partial charge on any atom is 0.339 e. The van der Waals surface area contributed by atoms with Crippen LogP contribution in [0.4, 0.5) is 0 Å². The summed E-state index contributed by atoms with van der Waals surface area (Å²) in [6, 6.07) is 6.73. The van der Waals surface area contributed by atoms with Crippen LogP contribution in [0.15, 0.2) is 24.3 Å². The lowest BCUT2D eigenvalue weighted by Crippen LogP contribution is -2.25. The van der Waals surface area contributed by atoms with Gasteiger partial charge < -0.3 is 19.5 Å². The van der Waals surface area contributed by atoms with Gasteiger partial charge in [0.05, 0.1) is 12.7 Å². The molecule has 1 atom stereocenters. The number of rotatable bonds is 7. The number of likely N-dealkylation sites (tertiary alicyclic amines) is 1. The number of para-hydroxylation sites is 1. The van der Waals surface area contributed by atoms with Crippen LogP contribution in [0.25, 0.3) is 0 Å². The van der Waals surface area contributed by atoms with Gasteiger partial charge in [-0.2, -0.15) is 0 Å². The van der Waals surface area contributed by atoms with Crippen molar-refractivity contribution in [3.05, 3.63) is 29.8 Å². The molecule has 1 unspecified atom stereocenters. The Morgan fingerprint density at radius 3 is 2.95 bits per heavy atom. The van der Waals surface area contributed by atoms with E-state index in [1.807, 2.05) is 0 Å². The second-order valence-corrected chi connectivity index (χ2v) is 4.95. The standard InChI is InChI=1S/C15H21NO4/c1-19-12-7-9-16(11-12)8-4-10-20-14-6-3-2-5-13(14)15(17)18/h2-3,5-6,12H,4,7-11H2,1H3,(H,17,18). The van der Waals surface area contributed by atoms with Crippen molar-refractivity contribution in [2.75, 3.05) is 33.4 Å². The van der Waals surface area contributed by atoms with Gasteiger partial charge in [0, 0.05) is 26.7 Å². The van der Waals surface area contributed by atoms with Crippen LogP contribution in [0.2, 0.25) is 0 Å². The van der Waals surface area contributed by atoms with Gasteiger partial charge >= 0.3 is 5.97 Å². The summed E-state index contributed by atoms with van der Waals surface area (Å²) < 4.78 is 10.9. The van der Waals surface area contributed by atoms with Gasteiger partial charge in [-0.1, -0.05) is 12.1 Å². The Balaban J connectivity index is 1.73. The summed E-state index contributed by atoms with van der Waals surface area (Å²) in [6.45, 7) is 3.51. The topological polar surface area (TPSA) is 59.0 Å². The fourth-order valence-corrected chi connectivity index (χ4v) is 2.43. The van der Waals surface area contributed by atoms with Gasteiger partial charge in [0.25, 0.3) is 0 Å². The summed E-state index contributed by atoms with van der Waals surface area (Å²) in [7, 11) is 1.75. The van der Waals surface area contributed by atoms with Crippen LogP contribution in [-0.4, -0.2) is 55.4 Å². The molecule has 20 heavy (non-hydrogen) atoms. The molecular weight excluding hydrogens is 258 g/mol. The molecule has 0 spiro atoms. The van der Waals surface area contributed by atoms with E-state index in [4.69, 9.17) is 14.6 Å². The first-order chi connectivity index (χ1) is 9.70. The summed E-state index contributed by atoms with van der Waals surface area (Å²) in [4.78, 5) is 13.4. The van der Waals surface area contributed by atoms with Crippen molar-refractivity contribution in [3.8, 4) is 5.75 Å². The van der Waals surface area contributed by atoms with Crippen molar-refractivity contribution in [2.45, 2.75) is 18.9 Å². The van der Waals surface area contributed by atoms with Crippen LogP contribution < -0.4 is 4.74 Å². The molecule has 0 bridgehead atoms. The number of carbonyl (C=O) groups is 1. The molecule has 1 aromatic rings. The van der Waals surface area contributed by atoms with Gasteiger partial charge in [0.1, 0.15) is 11.3 Å². The molecule has 5 heteroatoms. The van der Waals surface area contributed by atoms with E-state index in [0.29, 0.717) is 18.5 Å². The van der Waals surface area contributed by atoms with Gasteiger partial charge in [-0.15, -0.1) is 0 Å². The number of carboxylic acids is 1. The number of methoxy groups -OCH3 is 1. The number of benzene rings is 1. The van der Waals surface area contributed by atoms with Crippen LogP contribution in [0, 0.1) is 0 Å². The van der Waals surface area contributed by atoms with Crippen molar-refractivity contribution in [1.29, 1.82) is 0 Å². The van der Waals surface area contributed by atoms with Crippen molar-refractivity contribution in [1.82, 2.24) is 4.90 Å². The first-order valence-corrected chi connectivity index (χ1v) is 6.91. The van der Waals surface area contributed by atoms with Crippen LogP contribution >= 0.6 is 0 Å². The highest BCUT2D eigenvalue weighted by molar-refractivity contribution is 5.90. The van der Waals surface area contributed by atoms with Crippen molar-refractivity contribution in [2.24, 2.45) is 0 Å². The molecule has 0 amide bonds. The first kappa shape index (κ1) is 14.8. The molecule has 1 aliphatic heterocycles. The Morgan fingerprint density at radius 2 is 2.25 bits per heavy atom. The molecule has 110 valence electrons. The zero-order chi connectivity index (χ0) is 14.4. The number of hydrogen-bond acceptors (Lipinski definition) is 4. The molecule has 1 heterocycles. The quantitative estimate of drug-likeness (QED) is 0.772. The molecule has 1 fully saturated rings. The lowest BCUT2D eigenvalue weighted by molar-refractivity contribution is 0.0692. The first-order valence-electron chi connectivity index (χ1n) is 6.91. The minimum atomic E-state index is -0.955. The fourth-order valence-electron chi connectivity index (χ4n) is 2.43. The smallest absolute Gasteiger partial charge is 0.339 e. The van der Waals surface area contributed by atoms with E-state index in [-0.39, 0.29) is 5.56 Å². The van der Waals surface area contributed by atoms with Crippen LogP contribution in [-0.2, 0) is 4.74 Å². The van der Waals surface area contributed by atoms with Crippen molar-refractivity contribution in [3.63, 3.8) is 0 Å². The second-order valence-electron chi connectivity index (χ2n) is 4.95. The lowest BCUT2D eigenvalue weighted by atomic mass is 10.2. The second kappa shape index (κ2) is 7.26. The highest BCUT2D eigenvalue weighted by atomic mass is 16.5. The van der Waals surface area contributed by atoms with E-state index in [2.05, 4.69) is 4.90 Å². The molecule has 1 N–H and O–H groups in total. The van der Waals surface area contributed by atoms with Crippen LogP contribution in [0.5, 0.6) is 5.75 Å². The van der Waals surface area contributed by atoms with E-state index >= 15 is 0 Å². The average Bonchev–Trinajstić information content (AvgIpc) is 2.92. The molecule has 2 rings (SSSR count). The summed E-state index contributed by atoms with van der Waals surface area (Å²) in [6.07, 6.45) is 2.31. The number of ether oxygens (including phenoxy) is 2. The summed E-state index contributed by atoms with van der Waals surface area (Å²) in [5, 5.41) is 9.05. The molecule has 1 aliphatic rings. The summed E-state index contributed by atoms with van der Waals surface area (Å²) in [5.74, 6) is -0.515. The number of aromatic carboxylic acids is 1. The third-order valence-corrected chi connectivity index (χ3v) is 3.56. The number of carboxylic acid groups (broad SMARTS) is 1. The van der Waals surface area contributed by atoms with E-state index in [1.54, 1.807) is 31.4 Å². The molecular formula is C15H21NO4. The maximum absolute atomic E-state index is 11.0. The molecule has 0 aromatic heterocycles. The SMILES string of the molecule is COC1CCN(CCCOc2ccccc2C(=O)O)C1. The molecule has 0 saturated carbocycles. The summed E-state index contributed by atoms with van der Waals surface area (Å²) in [5.41, 5.74) is 0.216. The van der Waals surface area contributed by atoms with E-state index in [1.165, 1.54) is 0 Å². The normalized spacial score (nSPS) is 19.1. The largest absolute Gasteiger partial charge is 0.493 e. The van der Waals surface area contributed by atoms with E-state index < -0.39 is 5.97 Å². The average molecular weight is 279 g/mol. The van der Waals surface area contributed by atoms with Gasteiger partial charge in [0.15, 0.2) is 0 Å². The molecule has 0 aliphatic carbocycles. The molecule has 1 aromatic carbocycles. The third kappa shape index (κ3) is 3.95. The highest BCUT2D eigenvalue weighted by Gasteiger charge is 2.21. The van der Waals surface area contributed by atoms with Crippen molar-refractivity contribution >= 4 is 5.97 Å². The maximum atomic E-state index is 11.0. The highest BCUT2D eigenvalue weighted by Crippen LogP contribution is 2.18. The van der Waals surface area contributed by atoms with Crippen LogP contribution in [0.1, 0.15) is 23.2 Å². The Bertz CT molecular complexity index is 449. The Kier molecular flexibility index (Phi) is 5.38. The minimum Gasteiger partial charge on any atom is -0.493 e. The predicted octanol–water partition coefficient (Wildman–Crippen LogP) is 1.87. The third-order valence-electron chi connectivity index (χ3n) is 3.56. The Morgan fingerprint density at radius 1 is 1.45 bits per heavy atom. The minimum absolute atomic E-state index is 0.216. The Hall–Kier alpha value is -1.59. The van der Waals surface area contributed by atoms with E-state index in [0.717, 1.165) is 32.5 Å². The molecule has 0 radical (unpaired) electrons. The lowest BCUT2D eigenvalue weighted by Gasteiger charge is -2.16. The number of hydrogen-bond donors (Lipinski definition) is 1. The van der Waals surface area contributed by atoms with Gasteiger partial charge in [-0.3, -0.25) is 0 Å². The Labute approximate surface area is 119 Å². The molecule has 5 nitrogen and oxygen atoms in total. The monoisotopic (exact) mass is 279 g/mol. The van der Waals surface area contributed by atoms with Crippen molar-refractivity contribution < 1.29 is 19.4 Å². The number of nitrogens with zero attached hydrogens (tertiary/aromatic N) is 1. The fraction of sp³-hybridized carbons (Fsp3) is 0.533. The zero-order valence-electron chi connectivity index (χ0n) is 11.7. The predicted molar refractivity (Wildman–Crippen MR) is 75.4 cm³/mol. The van der Waals surface area contributed by atoms with Gasteiger partial charge in [-0.05, 0) is 25.0 Å². The summed E-state index contributed by atoms with van der Waals surface area (Å²) >= 11 is 0. The molecule has 1 saturated heterocycles. The van der Waals surface area contributed by atoms with E-state index in [9.17, 15) is 4.79 Å². The zero-order valence-corrected chi connectivity index (χ0v) is 11.7. The van der Waals surface area contributed by atoms with Crippen LogP contribution in [0.3, 0.4) is 0 Å². The van der Waals surface area contributed by atoms with Gasteiger partial charge in [-0.25, -0.2) is 4.79 Å².